The van der Waals surface area contributed by atoms with Crippen LogP contribution in [0.3, 0.4) is 0 Å². The second-order valence-electron chi connectivity index (χ2n) is 6.21. The van der Waals surface area contributed by atoms with E-state index < -0.39 is 35.4 Å². The molecule has 0 fully saturated rings. The van der Waals surface area contributed by atoms with E-state index in [1.54, 1.807) is 14.0 Å². The fourth-order valence-corrected chi connectivity index (χ4v) is 2.32. The first-order valence-electron chi connectivity index (χ1n) is 8.30. The zero-order chi connectivity index (χ0) is 20.9. The molecule has 0 bridgehead atoms. The van der Waals surface area contributed by atoms with E-state index in [9.17, 15) is 27.2 Å². The summed E-state index contributed by atoms with van der Waals surface area (Å²) in [6.07, 6.45) is -4.45. The lowest BCUT2D eigenvalue weighted by Crippen LogP contribution is -2.43. The van der Waals surface area contributed by atoms with Gasteiger partial charge in [0.2, 0.25) is 11.8 Å². The van der Waals surface area contributed by atoms with E-state index in [1.807, 2.05) is 0 Å². The van der Waals surface area contributed by atoms with Gasteiger partial charge in [0, 0.05) is 11.4 Å². The number of carbonyl (C=O) groups excluding carboxylic acids is 2. The summed E-state index contributed by atoms with van der Waals surface area (Å²) >= 11 is 0. The van der Waals surface area contributed by atoms with Gasteiger partial charge in [-0.25, -0.2) is 4.39 Å². The van der Waals surface area contributed by atoms with Crippen LogP contribution in [-0.4, -0.2) is 36.3 Å². The minimum atomic E-state index is -4.45. The smallest absolute Gasteiger partial charge is 0.325 e. The Morgan fingerprint density at radius 2 is 1.68 bits per heavy atom. The van der Waals surface area contributed by atoms with Crippen LogP contribution in [0, 0.1) is 5.82 Å². The van der Waals surface area contributed by atoms with Crippen LogP contribution in [0.2, 0.25) is 0 Å². The highest BCUT2D eigenvalue weighted by atomic mass is 19.4. The normalized spacial score (nSPS) is 12.5. The molecular weight excluding hydrogens is 378 g/mol. The van der Waals surface area contributed by atoms with Crippen molar-refractivity contribution in [3.8, 4) is 0 Å². The zero-order valence-electron chi connectivity index (χ0n) is 15.2. The van der Waals surface area contributed by atoms with Crippen LogP contribution in [0.25, 0.3) is 0 Å². The summed E-state index contributed by atoms with van der Waals surface area (Å²) in [5, 5.41) is 5.02. The third-order valence-electron chi connectivity index (χ3n) is 4.02. The van der Waals surface area contributed by atoms with Crippen LogP contribution in [0.1, 0.15) is 12.5 Å². The second kappa shape index (κ2) is 8.83. The monoisotopic (exact) mass is 397 g/mol. The number of anilines is 2. The molecule has 0 unspecified atom stereocenters. The Bertz CT molecular complexity index is 838. The average Bonchev–Trinajstić information content (AvgIpc) is 2.60. The third-order valence-corrected chi connectivity index (χ3v) is 4.02. The van der Waals surface area contributed by atoms with E-state index >= 15 is 0 Å². The van der Waals surface area contributed by atoms with Crippen molar-refractivity contribution in [2.45, 2.75) is 19.1 Å². The Hall–Kier alpha value is -2.94. The lowest BCUT2D eigenvalue weighted by Gasteiger charge is -2.23. The van der Waals surface area contributed by atoms with Crippen LogP contribution < -0.4 is 10.6 Å². The first-order valence-corrected chi connectivity index (χ1v) is 8.30. The Kier molecular flexibility index (Phi) is 6.74. The van der Waals surface area contributed by atoms with Crippen LogP contribution in [0.4, 0.5) is 28.9 Å². The molecule has 0 aliphatic rings. The Morgan fingerprint density at radius 1 is 1.04 bits per heavy atom. The van der Waals surface area contributed by atoms with Gasteiger partial charge >= 0.3 is 6.18 Å². The summed E-state index contributed by atoms with van der Waals surface area (Å²) in [5.74, 6) is -1.42. The van der Waals surface area contributed by atoms with Crippen molar-refractivity contribution in [2.75, 3.05) is 24.2 Å². The number of benzene rings is 2. The van der Waals surface area contributed by atoms with Crippen molar-refractivity contribution in [2.24, 2.45) is 0 Å². The predicted molar refractivity (Wildman–Crippen MR) is 97.2 cm³/mol. The van der Waals surface area contributed by atoms with Gasteiger partial charge in [0.25, 0.3) is 0 Å². The molecule has 1 atom stereocenters. The van der Waals surface area contributed by atoms with Crippen molar-refractivity contribution in [3.05, 3.63) is 59.9 Å². The number of rotatable bonds is 6. The molecule has 2 rings (SSSR count). The van der Waals surface area contributed by atoms with Gasteiger partial charge in [-0.3, -0.25) is 14.5 Å². The number of hydrogen-bond donors (Lipinski definition) is 2. The number of amides is 2. The molecule has 0 aliphatic carbocycles. The lowest BCUT2D eigenvalue weighted by molar-refractivity contribution is -0.137. The second-order valence-corrected chi connectivity index (χ2v) is 6.21. The maximum Gasteiger partial charge on any atom is 0.416 e. The van der Waals surface area contributed by atoms with E-state index in [4.69, 9.17) is 0 Å². The average molecular weight is 397 g/mol. The molecule has 0 heterocycles. The summed E-state index contributed by atoms with van der Waals surface area (Å²) in [5.41, 5.74) is -0.313. The number of alkyl halides is 3. The van der Waals surface area contributed by atoms with Gasteiger partial charge in [-0.05, 0) is 56.4 Å². The first-order chi connectivity index (χ1) is 13.1. The summed E-state index contributed by atoms with van der Waals surface area (Å²) in [4.78, 5) is 25.8. The highest BCUT2D eigenvalue weighted by molar-refractivity contribution is 5.96. The van der Waals surface area contributed by atoms with Crippen LogP contribution in [-0.2, 0) is 15.8 Å². The summed E-state index contributed by atoms with van der Waals surface area (Å²) in [6, 6.07) is 8.71. The Morgan fingerprint density at radius 3 is 2.25 bits per heavy atom. The summed E-state index contributed by atoms with van der Waals surface area (Å²) in [6.45, 7) is 1.41. The molecular formula is C19H19F4N3O2. The number of hydrogen-bond acceptors (Lipinski definition) is 3. The third kappa shape index (κ3) is 6.05. The molecule has 0 aliphatic heterocycles. The lowest BCUT2D eigenvalue weighted by atomic mass is 10.2. The Balaban J connectivity index is 1.90. The van der Waals surface area contributed by atoms with E-state index in [0.29, 0.717) is 5.69 Å². The number of halogens is 4. The highest BCUT2D eigenvalue weighted by Gasteiger charge is 2.30. The van der Waals surface area contributed by atoms with Gasteiger partial charge in [-0.15, -0.1) is 0 Å². The minimum absolute atomic E-state index is 0.141. The molecule has 0 saturated heterocycles. The largest absolute Gasteiger partial charge is 0.416 e. The molecule has 0 radical (unpaired) electrons. The fourth-order valence-electron chi connectivity index (χ4n) is 2.32. The Labute approximate surface area is 159 Å². The van der Waals surface area contributed by atoms with E-state index in [1.165, 1.54) is 29.2 Å². The molecule has 2 aromatic rings. The van der Waals surface area contributed by atoms with Gasteiger partial charge in [0.05, 0.1) is 18.2 Å². The maximum atomic E-state index is 13.1. The van der Waals surface area contributed by atoms with E-state index in [2.05, 4.69) is 10.6 Å². The van der Waals surface area contributed by atoms with Crippen molar-refractivity contribution in [1.29, 1.82) is 0 Å². The molecule has 0 aromatic heterocycles. The van der Waals surface area contributed by atoms with Crippen LogP contribution >= 0.6 is 0 Å². The molecule has 0 saturated carbocycles. The molecule has 2 N–H and O–H groups in total. The quantitative estimate of drug-likeness (QED) is 0.730. The van der Waals surface area contributed by atoms with Crippen LogP contribution in [0.15, 0.2) is 48.5 Å². The molecule has 9 heteroatoms. The highest BCUT2D eigenvalue weighted by Crippen LogP contribution is 2.29. The van der Waals surface area contributed by atoms with Gasteiger partial charge in [0.1, 0.15) is 5.82 Å². The SMILES string of the molecule is C[C@@H](C(=O)Nc1ccc(C(F)(F)F)cc1)N(C)CC(=O)Nc1cccc(F)c1. The van der Waals surface area contributed by atoms with Crippen molar-refractivity contribution >= 4 is 23.2 Å². The number of nitrogens with zero attached hydrogens (tertiary/aromatic N) is 1. The fraction of sp³-hybridized carbons (Fsp3) is 0.263. The molecule has 0 spiro atoms. The van der Waals surface area contributed by atoms with E-state index in [-0.39, 0.29) is 12.2 Å². The molecule has 150 valence electrons. The molecule has 28 heavy (non-hydrogen) atoms. The topological polar surface area (TPSA) is 61.4 Å². The summed E-state index contributed by atoms with van der Waals surface area (Å²) < 4.78 is 50.8. The van der Waals surface area contributed by atoms with Gasteiger partial charge in [-0.2, -0.15) is 13.2 Å². The first kappa shape index (κ1) is 21.4. The van der Waals surface area contributed by atoms with Crippen LogP contribution in [0.5, 0.6) is 0 Å². The predicted octanol–water partition coefficient (Wildman–Crippen LogP) is 3.74. The molecule has 2 amide bonds. The van der Waals surface area contributed by atoms with Crippen molar-refractivity contribution in [1.82, 2.24) is 4.90 Å². The van der Waals surface area contributed by atoms with Crippen molar-refractivity contribution in [3.63, 3.8) is 0 Å². The van der Waals surface area contributed by atoms with E-state index in [0.717, 1.165) is 24.3 Å². The number of likely N-dealkylation sites (N-methyl/N-ethyl adjacent to an activating group) is 1. The van der Waals surface area contributed by atoms with Gasteiger partial charge < -0.3 is 10.6 Å². The minimum Gasteiger partial charge on any atom is -0.325 e. The number of carbonyl (C=O) groups is 2. The zero-order valence-corrected chi connectivity index (χ0v) is 15.2. The van der Waals surface area contributed by atoms with Gasteiger partial charge in [0.15, 0.2) is 0 Å². The number of nitrogens with one attached hydrogen (secondary N) is 2. The molecule has 2 aromatic carbocycles. The molecule has 5 nitrogen and oxygen atoms in total. The maximum absolute atomic E-state index is 13.1. The summed E-state index contributed by atoms with van der Waals surface area (Å²) in [7, 11) is 1.54. The van der Waals surface area contributed by atoms with Gasteiger partial charge in [-0.1, -0.05) is 6.07 Å². The van der Waals surface area contributed by atoms with Crippen molar-refractivity contribution < 1.29 is 27.2 Å². The standard InChI is InChI=1S/C19H19F4N3O2/c1-12(18(28)25-15-8-6-13(7-9-15)19(21,22)23)26(2)11-17(27)24-16-5-3-4-14(20)10-16/h3-10,12H,11H2,1-2H3,(H,24,27)(H,25,28)/t12-/m0/s1.